The van der Waals surface area contributed by atoms with Crippen LogP contribution in [0.25, 0.3) is 0 Å². The SMILES string of the molecule is CCNC(=NCC(C)(O)CN1CCOCC1)NCC(C)Oc1ccccc1F. The van der Waals surface area contributed by atoms with Crippen LogP contribution in [0.2, 0.25) is 0 Å². The van der Waals surface area contributed by atoms with E-state index in [1.54, 1.807) is 25.1 Å². The monoisotopic (exact) mass is 396 g/mol. The summed E-state index contributed by atoms with van der Waals surface area (Å²) < 4.78 is 24.7. The van der Waals surface area contributed by atoms with Gasteiger partial charge in [0.1, 0.15) is 6.10 Å². The molecule has 8 heteroatoms. The summed E-state index contributed by atoms with van der Waals surface area (Å²) in [4.78, 5) is 6.69. The number of rotatable bonds is 9. The highest BCUT2D eigenvalue weighted by Crippen LogP contribution is 2.16. The Morgan fingerprint density at radius 2 is 2.07 bits per heavy atom. The normalized spacial score (nSPS) is 19.0. The summed E-state index contributed by atoms with van der Waals surface area (Å²) in [6.45, 7) is 10.6. The predicted molar refractivity (Wildman–Crippen MR) is 108 cm³/mol. The molecule has 1 heterocycles. The molecule has 0 radical (unpaired) electrons. The number of guanidine groups is 1. The van der Waals surface area contributed by atoms with Gasteiger partial charge in [0.05, 0.1) is 31.9 Å². The number of ether oxygens (including phenoxy) is 2. The number of aliphatic hydroxyl groups is 1. The molecule has 0 aromatic heterocycles. The van der Waals surface area contributed by atoms with Gasteiger partial charge < -0.3 is 25.2 Å². The van der Waals surface area contributed by atoms with Crippen molar-refractivity contribution < 1.29 is 19.0 Å². The molecule has 1 aromatic carbocycles. The first-order valence-corrected chi connectivity index (χ1v) is 9.85. The zero-order valence-corrected chi connectivity index (χ0v) is 17.1. The summed E-state index contributed by atoms with van der Waals surface area (Å²) in [6, 6.07) is 6.34. The van der Waals surface area contributed by atoms with Crippen LogP contribution in [0.3, 0.4) is 0 Å². The quantitative estimate of drug-likeness (QED) is 0.431. The summed E-state index contributed by atoms with van der Waals surface area (Å²) in [5.41, 5.74) is -0.936. The second-order valence-corrected chi connectivity index (χ2v) is 7.32. The van der Waals surface area contributed by atoms with Crippen LogP contribution in [0.15, 0.2) is 29.3 Å². The molecule has 3 N–H and O–H groups in total. The molecular weight excluding hydrogens is 363 g/mol. The topological polar surface area (TPSA) is 78.4 Å². The molecule has 2 unspecified atom stereocenters. The maximum Gasteiger partial charge on any atom is 0.191 e. The van der Waals surface area contributed by atoms with Crippen molar-refractivity contribution >= 4 is 5.96 Å². The Kier molecular flexibility index (Phi) is 8.95. The number of aliphatic imine (C=N–C) groups is 1. The Balaban J connectivity index is 1.84. The first-order chi connectivity index (χ1) is 13.4. The van der Waals surface area contributed by atoms with Gasteiger partial charge in [-0.3, -0.25) is 9.89 Å². The van der Waals surface area contributed by atoms with Crippen LogP contribution in [0.4, 0.5) is 4.39 Å². The van der Waals surface area contributed by atoms with E-state index >= 15 is 0 Å². The van der Waals surface area contributed by atoms with Gasteiger partial charge in [0.15, 0.2) is 17.5 Å². The number of halogens is 1. The van der Waals surface area contributed by atoms with Gasteiger partial charge in [0.25, 0.3) is 0 Å². The third-order valence-corrected chi connectivity index (χ3v) is 4.31. The van der Waals surface area contributed by atoms with Crippen molar-refractivity contribution in [3.8, 4) is 5.75 Å². The van der Waals surface area contributed by atoms with E-state index in [-0.39, 0.29) is 24.2 Å². The minimum Gasteiger partial charge on any atom is -0.486 e. The molecule has 0 saturated carbocycles. The highest BCUT2D eigenvalue weighted by Gasteiger charge is 2.25. The van der Waals surface area contributed by atoms with E-state index in [1.165, 1.54) is 6.07 Å². The summed E-state index contributed by atoms with van der Waals surface area (Å²) in [7, 11) is 0. The molecule has 0 aliphatic carbocycles. The number of nitrogens with one attached hydrogen (secondary N) is 2. The van der Waals surface area contributed by atoms with Crippen LogP contribution >= 0.6 is 0 Å². The molecule has 1 aliphatic heterocycles. The third kappa shape index (κ3) is 8.00. The number of morpholine rings is 1. The minimum atomic E-state index is -0.936. The zero-order valence-electron chi connectivity index (χ0n) is 17.1. The number of nitrogens with zero attached hydrogens (tertiary/aromatic N) is 2. The second-order valence-electron chi connectivity index (χ2n) is 7.32. The number of hydrogen-bond acceptors (Lipinski definition) is 5. The van der Waals surface area contributed by atoms with Crippen molar-refractivity contribution in [3.05, 3.63) is 30.1 Å². The largest absolute Gasteiger partial charge is 0.486 e. The van der Waals surface area contributed by atoms with E-state index in [1.807, 2.05) is 13.8 Å². The smallest absolute Gasteiger partial charge is 0.191 e. The number of β-amino-alcohol motifs (C(OH)–C–C–N with tert-alkyl or cyclic N) is 1. The van der Waals surface area contributed by atoms with E-state index in [0.29, 0.717) is 38.8 Å². The molecule has 2 atom stereocenters. The molecule has 1 saturated heterocycles. The van der Waals surface area contributed by atoms with E-state index in [4.69, 9.17) is 9.47 Å². The van der Waals surface area contributed by atoms with Crippen molar-refractivity contribution in [1.82, 2.24) is 15.5 Å². The first kappa shape index (κ1) is 22.4. The molecule has 0 spiro atoms. The zero-order chi connectivity index (χ0) is 20.4. The minimum absolute atomic E-state index is 0.229. The van der Waals surface area contributed by atoms with Gasteiger partial charge in [-0.25, -0.2) is 4.39 Å². The van der Waals surface area contributed by atoms with Crippen LogP contribution in [-0.2, 0) is 4.74 Å². The predicted octanol–water partition coefficient (Wildman–Crippen LogP) is 1.23. The van der Waals surface area contributed by atoms with E-state index in [0.717, 1.165) is 13.1 Å². The summed E-state index contributed by atoms with van der Waals surface area (Å²) >= 11 is 0. The van der Waals surface area contributed by atoms with Crippen molar-refractivity contribution in [2.75, 3.05) is 52.5 Å². The fraction of sp³-hybridized carbons (Fsp3) is 0.650. The summed E-state index contributed by atoms with van der Waals surface area (Å²) in [5.74, 6) is 0.440. The first-order valence-electron chi connectivity index (χ1n) is 9.85. The highest BCUT2D eigenvalue weighted by molar-refractivity contribution is 5.79. The van der Waals surface area contributed by atoms with Crippen molar-refractivity contribution in [2.24, 2.45) is 4.99 Å². The van der Waals surface area contributed by atoms with Crippen LogP contribution in [-0.4, -0.2) is 80.2 Å². The van der Waals surface area contributed by atoms with Gasteiger partial charge in [0, 0.05) is 26.2 Å². The molecule has 28 heavy (non-hydrogen) atoms. The van der Waals surface area contributed by atoms with Crippen LogP contribution in [0.5, 0.6) is 5.75 Å². The number of hydrogen-bond donors (Lipinski definition) is 3. The summed E-state index contributed by atoms with van der Waals surface area (Å²) in [6.07, 6.45) is -0.255. The Morgan fingerprint density at radius 3 is 2.75 bits per heavy atom. The lowest BCUT2D eigenvalue weighted by atomic mass is 10.1. The standard InChI is InChI=1S/C20H33FN4O3/c1-4-22-19(23-13-16(2)28-18-8-6-5-7-17(18)21)24-14-20(3,26)15-25-9-11-27-12-10-25/h5-8,16,26H,4,9-15H2,1-3H3,(H2,22,23,24). The van der Waals surface area contributed by atoms with E-state index < -0.39 is 5.60 Å². The second kappa shape index (κ2) is 11.2. The maximum absolute atomic E-state index is 13.7. The molecule has 1 aromatic rings. The van der Waals surface area contributed by atoms with Gasteiger partial charge in [-0.2, -0.15) is 0 Å². The molecule has 7 nitrogen and oxygen atoms in total. The Morgan fingerprint density at radius 1 is 1.36 bits per heavy atom. The average molecular weight is 397 g/mol. The lowest BCUT2D eigenvalue weighted by molar-refractivity contribution is -0.0180. The fourth-order valence-electron chi connectivity index (χ4n) is 2.92. The van der Waals surface area contributed by atoms with Crippen molar-refractivity contribution in [3.63, 3.8) is 0 Å². The molecule has 1 fully saturated rings. The average Bonchev–Trinajstić information content (AvgIpc) is 2.66. The Hall–Kier alpha value is -1.90. The fourth-order valence-corrected chi connectivity index (χ4v) is 2.92. The van der Waals surface area contributed by atoms with Crippen molar-refractivity contribution in [1.29, 1.82) is 0 Å². The lowest BCUT2D eigenvalue weighted by Gasteiger charge is -2.33. The van der Waals surface area contributed by atoms with Gasteiger partial charge in [-0.1, -0.05) is 12.1 Å². The van der Waals surface area contributed by atoms with E-state index in [2.05, 4.69) is 20.5 Å². The van der Waals surface area contributed by atoms with Crippen LogP contribution < -0.4 is 15.4 Å². The Bertz CT molecular complexity index is 621. The molecule has 158 valence electrons. The Labute approximate surface area is 166 Å². The van der Waals surface area contributed by atoms with Gasteiger partial charge in [0.2, 0.25) is 0 Å². The molecule has 0 bridgehead atoms. The van der Waals surface area contributed by atoms with Crippen LogP contribution in [0, 0.1) is 5.82 Å². The molecular formula is C20H33FN4O3. The van der Waals surface area contributed by atoms with Gasteiger partial charge in [-0.05, 0) is 32.9 Å². The third-order valence-electron chi connectivity index (χ3n) is 4.31. The molecule has 0 amide bonds. The molecule has 1 aliphatic rings. The lowest BCUT2D eigenvalue weighted by Crippen LogP contribution is -2.48. The maximum atomic E-state index is 13.7. The van der Waals surface area contributed by atoms with Gasteiger partial charge >= 0.3 is 0 Å². The van der Waals surface area contributed by atoms with Crippen molar-refractivity contribution in [2.45, 2.75) is 32.5 Å². The summed E-state index contributed by atoms with van der Waals surface area (Å²) in [5, 5.41) is 17.0. The number of benzene rings is 1. The highest BCUT2D eigenvalue weighted by atomic mass is 19.1. The van der Waals surface area contributed by atoms with Crippen LogP contribution in [0.1, 0.15) is 20.8 Å². The van der Waals surface area contributed by atoms with E-state index in [9.17, 15) is 9.50 Å². The van der Waals surface area contributed by atoms with Gasteiger partial charge in [-0.15, -0.1) is 0 Å². The number of para-hydroxylation sites is 1. The molecule has 2 rings (SSSR count).